The molecule has 2 saturated heterocycles. The Bertz CT molecular complexity index is 509. The summed E-state index contributed by atoms with van der Waals surface area (Å²) in [6.07, 6.45) is 1.79. The van der Waals surface area contributed by atoms with Crippen LogP contribution >= 0.6 is 0 Å². The number of sulfonamides is 1. The van der Waals surface area contributed by atoms with E-state index in [4.69, 9.17) is 0 Å². The minimum Gasteiger partial charge on any atom is -0.315 e. The molecule has 0 aliphatic carbocycles. The smallest absolute Gasteiger partial charge is 0.218 e. The minimum absolute atomic E-state index is 0.000220. The Balaban J connectivity index is 2.19. The first kappa shape index (κ1) is 15.2. The Morgan fingerprint density at radius 2 is 2.05 bits per heavy atom. The number of hydrogen-bond acceptors (Lipinski definition) is 5. The molecule has 0 saturated carbocycles. The second kappa shape index (κ2) is 5.67. The van der Waals surface area contributed by atoms with Gasteiger partial charge >= 0.3 is 0 Å². The van der Waals surface area contributed by atoms with Crippen molar-refractivity contribution in [3.63, 3.8) is 0 Å². The van der Waals surface area contributed by atoms with Crippen molar-refractivity contribution in [2.45, 2.75) is 37.5 Å². The first-order chi connectivity index (χ1) is 8.87. The fraction of sp³-hybridized carbons (Fsp3) is 1.00. The van der Waals surface area contributed by atoms with E-state index in [0.717, 1.165) is 19.4 Å². The lowest BCUT2D eigenvalue weighted by Gasteiger charge is -2.29. The van der Waals surface area contributed by atoms with Crippen molar-refractivity contribution in [3.05, 3.63) is 0 Å². The van der Waals surface area contributed by atoms with Crippen molar-refractivity contribution in [2.75, 3.05) is 31.1 Å². The predicted octanol–water partition coefficient (Wildman–Crippen LogP) is -0.423. The molecule has 19 heavy (non-hydrogen) atoms. The lowest BCUT2D eigenvalue weighted by atomic mass is 10.2. The van der Waals surface area contributed by atoms with Gasteiger partial charge in [-0.1, -0.05) is 6.92 Å². The molecule has 6 nitrogen and oxygen atoms in total. The van der Waals surface area contributed by atoms with Crippen LogP contribution in [0.5, 0.6) is 0 Å². The Morgan fingerprint density at radius 1 is 1.32 bits per heavy atom. The zero-order valence-electron chi connectivity index (χ0n) is 11.2. The van der Waals surface area contributed by atoms with Gasteiger partial charge in [0.05, 0.1) is 16.8 Å². The van der Waals surface area contributed by atoms with Gasteiger partial charge in [-0.3, -0.25) is 0 Å². The van der Waals surface area contributed by atoms with Crippen LogP contribution in [0.1, 0.15) is 26.2 Å². The Labute approximate surface area is 115 Å². The molecule has 2 aliphatic heterocycles. The van der Waals surface area contributed by atoms with Gasteiger partial charge in [-0.05, 0) is 25.8 Å². The summed E-state index contributed by atoms with van der Waals surface area (Å²) in [5.74, 6) is -0.213. The van der Waals surface area contributed by atoms with Crippen LogP contribution in [0, 0.1) is 0 Å². The molecule has 2 heterocycles. The molecular formula is C11H22N2O4S2. The van der Waals surface area contributed by atoms with E-state index in [0.29, 0.717) is 13.1 Å². The standard InChI is InChI=1S/C11H22N2O4S2/c1-2-6-13(10-3-5-12-8-10)19(16,17)11-4-7-18(14,15)9-11/h10-12H,2-9H2,1H3. The summed E-state index contributed by atoms with van der Waals surface area (Å²) < 4.78 is 49.8. The summed E-state index contributed by atoms with van der Waals surface area (Å²) in [5.41, 5.74) is 0. The highest BCUT2D eigenvalue weighted by Gasteiger charge is 2.42. The van der Waals surface area contributed by atoms with E-state index in [1.165, 1.54) is 0 Å². The topological polar surface area (TPSA) is 83.6 Å². The lowest BCUT2D eigenvalue weighted by molar-refractivity contribution is 0.331. The maximum atomic E-state index is 12.6. The van der Waals surface area contributed by atoms with Crippen molar-refractivity contribution in [2.24, 2.45) is 0 Å². The summed E-state index contributed by atoms with van der Waals surface area (Å²) in [4.78, 5) is 0. The molecule has 8 heteroatoms. The van der Waals surface area contributed by atoms with Crippen LogP contribution < -0.4 is 5.32 Å². The van der Waals surface area contributed by atoms with Crippen molar-refractivity contribution < 1.29 is 16.8 Å². The monoisotopic (exact) mass is 310 g/mol. The summed E-state index contributed by atoms with van der Waals surface area (Å²) >= 11 is 0. The molecule has 0 radical (unpaired) electrons. The third-order valence-corrected chi connectivity index (χ3v) is 8.18. The van der Waals surface area contributed by atoms with Crippen LogP contribution in [0.15, 0.2) is 0 Å². The fourth-order valence-electron chi connectivity index (χ4n) is 2.81. The van der Waals surface area contributed by atoms with Gasteiger partial charge in [-0.15, -0.1) is 0 Å². The molecule has 2 fully saturated rings. The highest BCUT2D eigenvalue weighted by molar-refractivity contribution is 7.95. The van der Waals surface area contributed by atoms with Gasteiger partial charge in [0.25, 0.3) is 0 Å². The van der Waals surface area contributed by atoms with Gasteiger partial charge < -0.3 is 5.32 Å². The van der Waals surface area contributed by atoms with Gasteiger partial charge in [-0.25, -0.2) is 16.8 Å². The first-order valence-corrected chi connectivity index (χ1v) is 10.1. The lowest BCUT2D eigenvalue weighted by Crippen LogP contribution is -2.46. The van der Waals surface area contributed by atoms with E-state index < -0.39 is 25.1 Å². The van der Waals surface area contributed by atoms with Gasteiger partial charge in [0.2, 0.25) is 10.0 Å². The fourth-order valence-corrected chi connectivity index (χ4v) is 7.64. The summed E-state index contributed by atoms with van der Waals surface area (Å²) in [6.45, 7) is 3.91. The van der Waals surface area contributed by atoms with Crippen molar-refractivity contribution in [1.29, 1.82) is 0 Å². The molecule has 1 N–H and O–H groups in total. The molecule has 2 unspecified atom stereocenters. The van der Waals surface area contributed by atoms with Crippen molar-refractivity contribution in [1.82, 2.24) is 9.62 Å². The largest absolute Gasteiger partial charge is 0.315 e. The number of nitrogens with one attached hydrogen (secondary N) is 1. The summed E-state index contributed by atoms with van der Waals surface area (Å²) in [7, 11) is -6.68. The van der Waals surface area contributed by atoms with Crippen LogP contribution in [0.3, 0.4) is 0 Å². The zero-order chi connectivity index (χ0) is 14.1. The Kier molecular flexibility index (Phi) is 4.54. The van der Waals surface area contributed by atoms with E-state index in [9.17, 15) is 16.8 Å². The second-order valence-electron chi connectivity index (χ2n) is 5.33. The van der Waals surface area contributed by atoms with Crippen LogP contribution in [0.25, 0.3) is 0 Å². The maximum absolute atomic E-state index is 12.6. The SMILES string of the molecule is CCCN(C1CCNC1)S(=O)(=O)C1CCS(=O)(=O)C1. The molecule has 0 bridgehead atoms. The molecule has 112 valence electrons. The molecule has 0 aromatic heterocycles. The third kappa shape index (κ3) is 3.29. The van der Waals surface area contributed by atoms with Crippen LogP contribution in [-0.2, 0) is 19.9 Å². The van der Waals surface area contributed by atoms with Crippen LogP contribution in [0.2, 0.25) is 0 Å². The van der Waals surface area contributed by atoms with Crippen molar-refractivity contribution in [3.8, 4) is 0 Å². The minimum atomic E-state index is -3.50. The molecule has 2 rings (SSSR count). The number of nitrogens with zero attached hydrogens (tertiary/aromatic N) is 1. The number of hydrogen-bond donors (Lipinski definition) is 1. The average Bonchev–Trinajstić information content (AvgIpc) is 2.94. The molecule has 2 aliphatic rings. The molecule has 0 aromatic rings. The molecule has 0 amide bonds. The molecular weight excluding hydrogens is 288 g/mol. The normalized spacial score (nSPS) is 31.1. The van der Waals surface area contributed by atoms with Gasteiger partial charge in [0.15, 0.2) is 9.84 Å². The van der Waals surface area contributed by atoms with Crippen LogP contribution in [-0.4, -0.2) is 63.6 Å². The molecule has 0 aromatic carbocycles. The molecule has 2 atom stereocenters. The Hall–Kier alpha value is -0.180. The highest BCUT2D eigenvalue weighted by atomic mass is 32.2. The molecule has 0 spiro atoms. The maximum Gasteiger partial charge on any atom is 0.218 e. The van der Waals surface area contributed by atoms with E-state index in [-0.39, 0.29) is 24.0 Å². The highest BCUT2D eigenvalue weighted by Crippen LogP contribution is 2.25. The van der Waals surface area contributed by atoms with E-state index in [2.05, 4.69) is 5.32 Å². The number of sulfone groups is 1. The number of rotatable bonds is 5. The third-order valence-electron chi connectivity index (χ3n) is 3.82. The predicted molar refractivity (Wildman–Crippen MR) is 74.3 cm³/mol. The van der Waals surface area contributed by atoms with Gasteiger partial charge in [0, 0.05) is 19.1 Å². The van der Waals surface area contributed by atoms with E-state index >= 15 is 0 Å². The average molecular weight is 310 g/mol. The Morgan fingerprint density at radius 3 is 2.53 bits per heavy atom. The summed E-state index contributed by atoms with van der Waals surface area (Å²) in [5, 5.41) is 2.42. The van der Waals surface area contributed by atoms with E-state index in [1.807, 2.05) is 6.92 Å². The first-order valence-electron chi connectivity index (χ1n) is 6.78. The quantitative estimate of drug-likeness (QED) is 0.745. The van der Waals surface area contributed by atoms with Gasteiger partial charge in [0.1, 0.15) is 0 Å². The van der Waals surface area contributed by atoms with E-state index in [1.54, 1.807) is 4.31 Å². The van der Waals surface area contributed by atoms with Crippen molar-refractivity contribution >= 4 is 19.9 Å². The zero-order valence-corrected chi connectivity index (χ0v) is 12.8. The van der Waals surface area contributed by atoms with Gasteiger partial charge in [-0.2, -0.15) is 4.31 Å². The summed E-state index contributed by atoms with van der Waals surface area (Å²) in [6, 6.07) is -0.0201. The second-order valence-corrected chi connectivity index (χ2v) is 9.72. The van der Waals surface area contributed by atoms with Crippen LogP contribution in [0.4, 0.5) is 0 Å².